The lowest BCUT2D eigenvalue weighted by atomic mass is 9.81. The Morgan fingerprint density at radius 3 is 2.60 bits per heavy atom. The van der Waals surface area contributed by atoms with Crippen molar-refractivity contribution in [1.82, 2.24) is 0 Å². The first-order valence-corrected chi connectivity index (χ1v) is 7.28. The van der Waals surface area contributed by atoms with Crippen molar-refractivity contribution in [3.8, 4) is 5.75 Å². The number of carbonyl (C=O) groups is 1. The van der Waals surface area contributed by atoms with Gasteiger partial charge in [-0.2, -0.15) is 0 Å². The highest BCUT2D eigenvalue weighted by atomic mass is 35.5. The van der Waals surface area contributed by atoms with Gasteiger partial charge in [-0.15, -0.1) is 0 Å². The Kier molecular flexibility index (Phi) is 5.07. The number of methoxy groups -OCH3 is 1. The number of hydrogen-bond donors (Lipinski definition) is 1. The number of rotatable bonds is 4. The molecule has 0 heterocycles. The minimum atomic E-state index is -0.905. The molecule has 1 aromatic rings. The largest absolute Gasteiger partial charge is 0.495 e. The van der Waals surface area contributed by atoms with E-state index in [2.05, 4.69) is 0 Å². The van der Waals surface area contributed by atoms with E-state index in [9.17, 15) is 4.79 Å². The lowest BCUT2D eigenvalue weighted by Crippen LogP contribution is -2.10. The molecule has 3 nitrogen and oxygen atoms in total. The van der Waals surface area contributed by atoms with E-state index >= 15 is 0 Å². The Labute approximate surface area is 124 Å². The van der Waals surface area contributed by atoms with Crippen molar-refractivity contribution in [3.05, 3.63) is 34.9 Å². The number of ether oxygens (including phenoxy) is 1. The molecule has 1 N–H and O–H groups in total. The lowest BCUT2D eigenvalue weighted by molar-refractivity contribution is -0.131. The zero-order valence-electron chi connectivity index (χ0n) is 11.6. The minimum absolute atomic E-state index is 0.310. The first-order valence-electron chi connectivity index (χ1n) is 6.90. The molecule has 108 valence electrons. The van der Waals surface area contributed by atoms with Crippen molar-refractivity contribution >= 4 is 23.1 Å². The molecule has 1 aliphatic carbocycles. The van der Waals surface area contributed by atoms with E-state index < -0.39 is 5.97 Å². The van der Waals surface area contributed by atoms with E-state index in [0.717, 1.165) is 36.8 Å². The number of hydrogen-bond acceptors (Lipinski definition) is 2. The first-order chi connectivity index (χ1) is 9.61. The molecule has 0 saturated heterocycles. The highest BCUT2D eigenvalue weighted by Gasteiger charge is 2.20. The van der Waals surface area contributed by atoms with Crippen molar-refractivity contribution < 1.29 is 14.6 Å². The molecule has 0 aliphatic heterocycles. The summed E-state index contributed by atoms with van der Waals surface area (Å²) >= 11 is 6.15. The number of halogens is 1. The van der Waals surface area contributed by atoms with Crippen molar-refractivity contribution in [2.75, 3.05) is 7.11 Å². The molecule has 0 spiro atoms. The van der Waals surface area contributed by atoms with Crippen LogP contribution in [0.5, 0.6) is 5.75 Å². The van der Waals surface area contributed by atoms with Crippen molar-refractivity contribution in [2.45, 2.75) is 32.1 Å². The number of carboxylic acid groups (broad SMARTS) is 1. The fourth-order valence-corrected chi connectivity index (χ4v) is 3.09. The van der Waals surface area contributed by atoms with Crippen molar-refractivity contribution in [2.24, 2.45) is 5.92 Å². The van der Waals surface area contributed by atoms with Gasteiger partial charge in [0.2, 0.25) is 0 Å². The third-order valence-electron chi connectivity index (χ3n) is 3.81. The molecule has 2 rings (SSSR count). The van der Waals surface area contributed by atoms with Gasteiger partial charge in [0.15, 0.2) is 0 Å². The average Bonchev–Trinajstić information content (AvgIpc) is 2.45. The fourth-order valence-electron chi connectivity index (χ4n) is 2.83. The molecule has 0 aromatic heterocycles. The molecule has 20 heavy (non-hydrogen) atoms. The number of carboxylic acids is 1. The standard InChI is InChI=1S/C16H19ClO3/c1-20-15-8-7-12(9-14(15)17)13(10-16(18)19)11-5-3-2-4-6-11/h7-11H,2-6H2,1H3,(H,18,19)/b13-10+. The zero-order chi connectivity index (χ0) is 14.5. The van der Waals surface area contributed by atoms with Crippen LogP contribution in [0, 0.1) is 5.92 Å². The summed E-state index contributed by atoms with van der Waals surface area (Å²) < 4.78 is 5.14. The van der Waals surface area contributed by atoms with Crippen LogP contribution in [-0.4, -0.2) is 18.2 Å². The van der Waals surface area contributed by atoms with Crippen LogP contribution in [0.25, 0.3) is 5.57 Å². The Bertz CT molecular complexity index is 516. The molecule has 1 aromatic carbocycles. The van der Waals surface area contributed by atoms with Gasteiger partial charge in [0.25, 0.3) is 0 Å². The van der Waals surface area contributed by atoms with Crippen molar-refractivity contribution in [3.63, 3.8) is 0 Å². The van der Waals surface area contributed by atoms with E-state index in [1.54, 1.807) is 19.2 Å². The predicted octanol–water partition coefficient (Wildman–Crippen LogP) is 4.40. The van der Waals surface area contributed by atoms with Gasteiger partial charge in [0.05, 0.1) is 12.1 Å². The molecule has 0 unspecified atom stereocenters. The van der Waals surface area contributed by atoms with Gasteiger partial charge < -0.3 is 9.84 Å². The second kappa shape index (κ2) is 6.80. The third-order valence-corrected chi connectivity index (χ3v) is 4.10. The van der Waals surface area contributed by atoms with Crippen LogP contribution in [0.15, 0.2) is 24.3 Å². The Hall–Kier alpha value is -1.48. The summed E-state index contributed by atoms with van der Waals surface area (Å²) in [5, 5.41) is 9.62. The van der Waals surface area contributed by atoms with E-state index in [1.165, 1.54) is 12.5 Å². The summed E-state index contributed by atoms with van der Waals surface area (Å²) in [6, 6.07) is 5.47. The van der Waals surface area contributed by atoms with Crippen LogP contribution in [0.2, 0.25) is 5.02 Å². The molecule has 1 saturated carbocycles. The molecule has 1 aliphatic rings. The second-order valence-electron chi connectivity index (χ2n) is 5.12. The summed E-state index contributed by atoms with van der Waals surface area (Å²) in [6.07, 6.45) is 6.97. The van der Waals surface area contributed by atoms with Crippen LogP contribution >= 0.6 is 11.6 Å². The highest BCUT2D eigenvalue weighted by molar-refractivity contribution is 6.32. The SMILES string of the molecule is COc1ccc(/C(=C/C(=O)O)C2CCCCC2)cc1Cl. The molecule has 0 radical (unpaired) electrons. The van der Waals surface area contributed by atoms with Gasteiger partial charge >= 0.3 is 5.97 Å². The maximum absolute atomic E-state index is 11.1. The van der Waals surface area contributed by atoms with Crippen LogP contribution < -0.4 is 4.74 Å². The van der Waals surface area contributed by atoms with Gasteiger partial charge in [0.1, 0.15) is 5.75 Å². The molecule has 1 fully saturated rings. The first kappa shape index (κ1) is 14.9. The summed E-state index contributed by atoms with van der Waals surface area (Å²) in [5.41, 5.74) is 1.76. The average molecular weight is 295 g/mol. The van der Waals surface area contributed by atoms with Gasteiger partial charge in [-0.25, -0.2) is 4.79 Å². The van der Waals surface area contributed by atoms with Crippen molar-refractivity contribution in [1.29, 1.82) is 0 Å². The van der Waals surface area contributed by atoms with E-state index in [0.29, 0.717) is 16.7 Å². The van der Waals surface area contributed by atoms with Gasteiger partial charge in [-0.3, -0.25) is 0 Å². The highest BCUT2D eigenvalue weighted by Crippen LogP contribution is 2.37. The smallest absolute Gasteiger partial charge is 0.328 e. The van der Waals surface area contributed by atoms with E-state index in [1.807, 2.05) is 6.07 Å². The van der Waals surface area contributed by atoms with Crippen LogP contribution in [0.1, 0.15) is 37.7 Å². The van der Waals surface area contributed by atoms with Gasteiger partial charge in [0, 0.05) is 6.08 Å². The molecule has 0 atom stereocenters. The normalized spacial score (nSPS) is 17.0. The van der Waals surface area contributed by atoms with Crippen LogP contribution in [0.3, 0.4) is 0 Å². The van der Waals surface area contributed by atoms with Gasteiger partial charge in [-0.1, -0.05) is 36.9 Å². The maximum Gasteiger partial charge on any atom is 0.328 e. The quantitative estimate of drug-likeness (QED) is 0.837. The fraction of sp³-hybridized carbons (Fsp3) is 0.438. The van der Waals surface area contributed by atoms with Crippen LogP contribution in [-0.2, 0) is 4.79 Å². The molecule has 0 bridgehead atoms. The monoisotopic (exact) mass is 294 g/mol. The summed E-state index contributed by atoms with van der Waals surface area (Å²) in [6.45, 7) is 0. The number of aliphatic carboxylic acids is 1. The number of allylic oxidation sites excluding steroid dienone is 1. The zero-order valence-corrected chi connectivity index (χ0v) is 12.3. The predicted molar refractivity (Wildman–Crippen MR) is 80.2 cm³/mol. The second-order valence-corrected chi connectivity index (χ2v) is 5.53. The summed E-state index contributed by atoms with van der Waals surface area (Å²) in [4.78, 5) is 11.1. The lowest BCUT2D eigenvalue weighted by Gasteiger charge is -2.24. The Morgan fingerprint density at radius 2 is 2.05 bits per heavy atom. The molecule has 4 heteroatoms. The summed E-state index contributed by atoms with van der Waals surface area (Å²) in [5.74, 6) is 0.00978. The molecule has 0 amide bonds. The van der Waals surface area contributed by atoms with Gasteiger partial charge in [-0.05, 0) is 42.0 Å². The molecular weight excluding hydrogens is 276 g/mol. The number of benzene rings is 1. The third kappa shape index (κ3) is 3.54. The maximum atomic E-state index is 11.1. The van der Waals surface area contributed by atoms with E-state index in [4.69, 9.17) is 21.4 Å². The molecular formula is C16H19ClO3. The Balaban J connectivity index is 2.35. The van der Waals surface area contributed by atoms with Crippen LogP contribution in [0.4, 0.5) is 0 Å². The Morgan fingerprint density at radius 1 is 1.35 bits per heavy atom. The van der Waals surface area contributed by atoms with E-state index in [-0.39, 0.29) is 0 Å². The topological polar surface area (TPSA) is 46.5 Å². The summed E-state index contributed by atoms with van der Waals surface area (Å²) in [7, 11) is 1.57. The minimum Gasteiger partial charge on any atom is -0.495 e.